The van der Waals surface area contributed by atoms with Gasteiger partial charge in [-0.05, 0) is 143 Å². The molecule has 0 radical (unpaired) electrons. The number of fused-ring (bicyclic) bond motifs is 3. The maximum absolute atomic E-state index is 13.7. The number of hydrogen-bond acceptors (Lipinski definition) is 9. The molecule has 2 aromatic heterocycles. The van der Waals surface area contributed by atoms with Crippen LogP contribution < -0.4 is 20.5 Å². The van der Waals surface area contributed by atoms with E-state index in [0.717, 1.165) is 29.0 Å². The molecule has 9 rings (SSSR count). The van der Waals surface area contributed by atoms with E-state index in [1.54, 1.807) is 42.5 Å². The van der Waals surface area contributed by atoms with Crippen molar-refractivity contribution in [3.05, 3.63) is 120 Å². The smallest absolute Gasteiger partial charge is 0.380 e. The number of carbonyl (C=O) groups is 2. The maximum Gasteiger partial charge on any atom is 0.435 e. The number of nitrogens with zero attached hydrogens (tertiary/aromatic N) is 8. The summed E-state index contributed by atoms with van der Waals surface area (Å²) in [5.41, 5.74) is 5.00. The second kappa shape index (κ2) is 15.9. The predicted octanol–water partition coefficient (Wildman–Crippen LogP) is 8.88. The summed E-state index contributed by atoms with van der Waals surface area (Å²) in [5, 5.41) is 21.6. The van der Waals surface area contributed by atoms with Gasteiger partial charge in [-0.2, -0.15) is 41.8 Å². The molecule has 1 saturated heterocycles. The molecule has 2 N–H and O–H groups in total. The van der Waals surface area contributed by atoms with Crippen LogP contribution in [-0.4, -0.2) is 57.8 Å². The van der Waals surface area contributed by atoms with E-state index in [1.807, 2.05) is 12.1 Å². The van der Waals surface area contributed by atoms with Crippen LogP contribution in [0.5, 0.6) is 0 Å². The zero-order chi connectivity index (χ0) is 43.5. The third-order valence-corrected chi connectivity index (χ3v) is 11.7. The standard InChI is InChI=1S/C20H13F4IN4O.C20H13F3IN5O2/c21-16-6-5-14(9-11(16)10-26)29-17-15(18(27-29)20(22,23)24)7-8-28(19(17)30)13-3-1-12(25)2-4-13;21-20(22,23)17-13-7-8-28(11-3-1-10(24)2-4-11)19(30)16(13)29(26-17)12-5-6-15-14(9-12)18(25)27-31-15/h1-6,9,15,17H,7-8H2;1-6,9H,7-8H2,(H2,25,27). The third kappa shape index (κ3) is 7.86. The van der Waals surface area contributed by atoms with Crippen molar-refractivity contribution in [2.75, 3.05) is 33.6 Å². The summed E-state index contributed by atoms with van der Waals surface area (Å²) >= 11 is 4.26. The number of hydrogen-bond donors (Lipinski definition) is 1. The van der Waals surface area contributed by atoms with Gasteiger partial charge < -0.3 is 20.1 Å². The molecule has 0 aliphatic carbocycles. The van der Waals surface area contributed by atoms with Gasteiger partial charge in [0, 0.05) is 43.1 Å². The monoisotopic (exact) mass is 1070 g/mol. The number of benzene rings is 4. The zero-order valence-electron chi connectivity index (χ0n) is 30.8. The third-order valence-electron chi connectivity index (χ3n) is 10.3. The molecule has 312 valence electrons. The van der Waals surface area contributed by atoms with Crippen molar-refractivity contribution in [2.45, 2.75) is 31.2 Å². The van der Waals surface area contributed by atoms with E-state index in [-0.39, 0.29) is 59.9 Å². The van der Waals surface area contributed by atoms with Crippen molar-refractivity contribution in [1.82, 2.24) is 14.9 Å². The lowest BCUT2D eigenvalue weighted by molar-refractivity contribution is -0.142. The highest BCUT2D eigenvalue weighted by Gasteiger charge is 2.55. The van der Waals surface area contributed by atoms with E-state index in [9.17, 15) is 40.3 Å². The Morgan fingerprint density at radius 3 is 2.05 bits per heavy atom. The summed E-state index contributed by atoms with van der Waals surface area (Å²) in [6.07, 6.45) is -9.30. The first-order valence-electron chi connectivity index (χ1n) is 18.1. The lowest BCUT2D eigenvalue weighted by Crippen LogP contribution is -2.55. The Balaban J connectivity index is 0.000000169. The number of nitrogen functional groups attached to an aromatic ring is 1. The van der Waals surface area contributed by atoms with Gasteiger partial charge in [0.2, 0.25) is 0 Å². The fraction of sp³-hybridized carbons (Fsp3) is 0.200. The van der Waals surface area contributed by atoms with Gasteiger partial charge in [-0.25, -0.2) is 9.07 Å². The summed E-state index contributed by atoms with van der Waals surface area (Å²) in [6.45, 7) is 0.245. The van der Waals surface area contributed by atoms with Crippen LogP contribution in [0.4, 0.5) is 53.6 Å². The fourth-order valence-electron chi connectivity index (χ4n) is 7.50. The van der Waals surface area contributed by atoms with Crippen LogP contribution >= 0.6 is 45.2 Å². The second-order valence-electron chi connectivity index (χ2n) is 13.9. The quantitative estimate of drug-likeness (QED) is 0.136. The zero-order valence-corrected chi connectivity index (χ0v) is 35.2. The first kappa shape index (κ1) is 41.9. The van der Waals surface area contributed by atoms with E-state index in [4.69, 9.17) is 15.5 Å². The van der Waals surface area contributed by atoms with Gasteiger partial charge in [0.1, 0.15) is 29.3 Å². The molecule has 2 atom stereocenters. The largest absolute Gasteiger partial charge is 0.435 e. The molecule has 6 aromatic rings. The number of nitrogens with two attached hydrogens (primary N) is 1. The molecule has 0 bridgehead atoms. The highest BCUT2D eigenvalue weighted by Crippen LogP contribution is 2.42. The SMILES string of the molecule is N#Cc1cc(N2N=C(C(F)(F)F)C3CCN(c4ccc(I)cc4)C(=O)C32)ccc1F.Nc1noc2ccc(-n3nc(C(F)(F)F)c4c3C(=O)N(c3ccc(I)cc3)CC4)cc12. The lowest BCUT2D eigenvalue weighted by atomic mass is 9.87. The topological polar surface area (TPSA) is 150 Å². The first-order valence-corrected chi connectivity index (χ1v) is 20.2. The van der Waals surface area contributed by atoms with Crippen LogP contribution in [0.15, 0.2) is 94.6 Å². The Hall–Kier alpha value is -5.77. The molecular weight excluding hydrogens is 1040 g/mol. The Kier molecular flexibility index (Phi) is 10.9. The number of amides is 2. The van der Waals surface area contributed by atoms with Crippen molar-refractivity contribution < 1.29 is 44.8 Å². The molecule has 21 heteroatoms. The summed E-state index contributed by atoms with van der Waals surface area (Å²) in [4.78, 5) is 29.5. The lowest BCUT2D eigenvalue weighted by Gasteiger charge is -2.37. The highest BCUT2D eigenvalue weighted by atomic mass is 127. The van der Waals surface area contributed by atoms with Crippen molar-refractivity contribution in [3.8, 4) is 11.8 Å². The summed E-state index contributed by atoms with van der Waals surface area (Å²) in [7, 11) is 0. The van der Waals surface area contributed by atoms with Crippen LogP contribution in [0.25, 0.3) is 16.7 Å². The van der Waals surface area contributed by atoms with Gasteiger partial charge in [-0.3, -0.25) is 14.6 Å². The molecule has 4 aromatic carbocycles. The summed E-state index contributed by atoms with van der Waals surface area (Å²) in [6, 6.07) is 22.5. The molecular formula is C40H26F7I2N9O3. The number of piperidine rings is 1. The Morgan fingerprint density at radius 2 is 1.43 bits per heavy atom. The molecule has 12 nitrogen and oxygen atoms in total. The molecule has 5 heterocycles. The van der Waals surface area contributed by atoms with Crippen LogP contribution in [0.1, 0.15) is 33.7 Å². The minimum Gasteiger partial charge on any atom is -0.380 e. The highest BCUT2D eigenvalue weighted by molar-refractivity contribution is 14.1. The van der Waals surface area contributed by atoms with Crippen molar-refractivity contribution in [1.29, 1.82) is 5.26 Å². The normalized spacial score (nSPS) is 17.8. The number of halogens is 9. The minimum absolute atomic E-state index is 0.0273. The molecule has 0 saturated carbocycles. The van der Waals surface area contributed by atoms with E-state index in [0.29, 0.717) is 22.3 Å². The van der Waals surface area contributed by atoms with Gasteiger partial charge in [-0.15, -0.1) is 0 Å². The molecule has 0 spiro atoms. The van der Waals surface area contributed by atoms with Crippen LogP contribution in [0.2, 0.25) is 0 Å². The average molecular weight is 1070 g/mol. The Labute approximate surface area is 367 Å². The van der Waals surface area contributed by atoms with Crippen molar-refractivity contribution in [2.24, 2.45) is 11.0 Å². The number of alkyl halides is 6. The molecule has 3 aliphatic rings. The summed E-state index contributed by atoms with van der Waals surface area (Å²) in [5.74, 6) is -2.93. The van der Waals surface area contributed by atoms with Gasteiger partial charge in [0.05, 0.1) is 22.3 Å². The maximum atomic E-state index is 13.7. The number of nitriles is 1. The number of anilines is 4. The van der Waals surface area contributed by atoms with Crippen molar-refractivity contribution in [3.63, 3.8) is 0 Å². The summed E-state index contributed by atoms with van der Waals surface area (Å²) < 4.78 is 104. The van der Waals surface area contributed by atoms with Gasteiger partial charge >= 0.3 is 12.4 Å². The van der Waals surface area contributed by atoms with Crippen LogP contribution in [0, 0.1) is 30.2 Å². The fourth-order valence-corrected chi connectivity index (χ4v) is 8.22. The molecule has 61 heavy (non-hydrogen) atoms. The van der Waals surface area contributed by atoms with Gasteiger partial charge in [0.15, 0.2) is 17.1 Å². The Bertz CT molecular complexity index is 2780. The number of carbonyl (C=O) groups excluding carboxylic acids is 2. The van der Waals surface area contributed by atoms with Crippen LogP contribution in [-0.2, 0) is 17.4 Å². The van der Waals surface area contributed by atoms with E-state index in [1.165, 1.54) is 34.1 Å². The van der Waals surface area contributed by atoms with Gasteiger partial charge in [0.25, 0.3) is 11.8 Å². The molecule has 2 unspecified atom stereocenters. The molecule has 2 amide bonds. The number of aromatic nitrogens is 3. The number of rotatable bonds is 4. The van der Waals surface area contributed by atoms with Crippen molar-refractivity contribution >= 4 is 96.6 Å². The first-order chi connectivity index (χ1) is 28.9. The van der Waals surface area contributed by atoms with Gasteiger partial charge in [-0.1, -0.05) is 5.16 Å². The second-order valence-corrected chi connectivity index (χ2v) is 16.4. The number of hydrazone groups is 1. The molecule has 1 fully saturated rings. The average Bonchev–Trinajstić information content (AvgIpc) is 3.94. The van der Waals surface area contributed by atoms with E-state index in [2.05, 4.69) is 60.5 Å². The van der Waals surface area contributed by atoms with Crippen LogP contribution in [0.3, 0.4) is 0 Å². The minimum atomic E-state index is -4.71. The van der Waals surface area contributed by atoms with E-state index < -0.39 is 53.3 Å². The predicted molar refractivity (Wildman–Crippen MR) is 226 cm³/mol. The molecule has 3 aliphatic heterocycles. The Morgan fingerprint density at radius 1 is 0.803 bits per heavy atom. The van der Waals surface area contributed by atoms with E-state index >= 15 is 0 Å².